The van der Waals surface area contributed by atoms with Gasteiger partial charge in [0.15, 0.2) is 0 Å². The van der Waals surface area contributed by atoms with Crippen LogP contribution in [0.25, 0.3) is 0 Å². The Kier molecular flexibility index (Phi) is 5.29. The lowest BCUT2D eigenvalue weighted by Crippen LogP contribution is -2.60. The zero-order valence-electron chi connectivity index (χ0n) is 21.6. The maximum atomic E-state index is 14.3. The summed E-state index contributed by atoms with van der Waals surface area (Å²) in [6, 6.07) is 19.5. The summed E-state index contributed by atoms with van der Waals surface area (Å²) in [6.07, 6.45) is 3.38. The van der Waals surface area contributed by atoms with Gasteiger partial charge in [-0.15, -0.1) is 0 Å². The van der Waals surface area contributed by atoms with E-state index in [-0.39, 0.29) is 11.4 Å². The molecule has 2 bridgehead atoms. The third-order valence-electron chi connectivity index (χ3n) is 9.07. The maximum Gasteiger partial charge on any atom is 0.293 e. The number of nitrogens with zero attached hydrogens (tertiary/aromatic N) is 4. The van der Waals surface area contributed by atoms with Gasteiger partial charge in [-0.05, 0) is 17.7 Å². The number of nitro benzene ring substituents is 2. The van der Waals surface area contributed by atoms with Crippen LogP contribution in [0.15, 0.2) is 91.0 Å². The van der Waals surface area contributed by atoms with Gasteiger partial charge in [-0.1, -0.05) is 66.7 Å². The van der Waals surface area contributed by atoms with Crippen LogP contribution in [-0.4, -0.2) is 33.5 Å². The highest BCUT2D eigenvalue weighted by Crippen LogP contribution is 2.65. The van der Waals surface area contributed by atoms with Crippen LogP contribution >= 0.6 is 0 Å². The van der Waals surface area contributed by atoms with Gasteiger partial charge in [0.1, 0.15) is 11.4 Å². The molecule has 0 radical (unpaired) electrons. The molecule has 8 rings (SSSR count). The largest absolute Gasteiger partial charge is 0.293 e. The first-order valence-electron chi connectivity index (χ1n) is 13.2. The van der Waals surface area contributed by atoms with Crippen molar-refractivity contribution >= 4 is 46.4 Å². The van der Waals surface area contributed by atoms with Gasteiger partial charge >= 0.3 is 0 Å². The lowest BCUT2D eigenvalue weighted by atomic mass is 9.45. The van der Waals surface area contributed by atoms with E-state index in [4.69, 9.17) is 0 Å². The second-order valence-corrected chi connectivity index (χ2v) is 10.8. The Hall–Kier alpha value is -5.52. The topological polar surface area (TPSA) is 161 Å². The standard InChI is InChI=1S/C30H20N4O8/c35-26-22-17-14-15-30(16-8-2-1-3-9-16,24(22)28(37)31(26)18-10-4-6-12-20(18)33(39)40)25-23(17)27(36)32(29(25)38)19-11-5-7-13-21(19)34(41)42/h1-15,17,22-25H/t17?,22-,23-,24-,25+,30?/m0/s1. The molecule has 3 fully saturated rings. The quantitative estimate of drug-likeness (QED) is 0.197. The number of imide groups is 2. The molecular formula is C30H20N4O8. The average molecular weight is 565 g/mol. The highest BCUT2D eigenvalue weighted by molar-refractivity contribution is 6.28. The minimum atomic E-state index is -1.47. The van der Waals surface area contributed by atoms with Gasteiger partial charge in [-0.3, -0.25) is 39.4 Å². The molecule has 0 N–H and O–H groups in total. The van der Waals surface area contributed by atoms with Gasteiger partial charge < -0.3 is 0 Å². The number of amides is 4. The zero-order chi connectivity index (χ0) is 29.5. The molecule has 12 heteroatoms. The smallest absolute Gasteiger partial charge is 0.274 e. The fraction of sp³-hybridized carbons (Fsp3) is 0.200. The van der Waals surface area contributed by atoms with E-state index in [0.717, 1.165) is 9.80 Å². The Morgan fingerprint density at radius 1 is 0.595 bits per heavy atom. The summed E-state index contributed by atoms with van der Waals surface area (Å²) in [5.74, 6) is -8.18. The van der Waals surface area contributed by atoms with Crippen LogP contribution in [-0.2, 0) is 24.6 Å². The van der Waals surface area contributed by atoms with Crippen molar-refractivity contribution < 1.29 is 29.0 Å². The van der Waals surface area contributed by atoms with E-state index < -0.39 is 79.9 Å². The second-order valence-electron chi connectivity index (χ2n) is 10.8. The van der Waals surface area contributed by atoms with Gasteiger partial charge in [0.25, 0.3) is 11.4 Å². The number of carbonyl (C=O) groups excluding carboxylic acids is 4. The third kappa shape index (κ3) is 3.05. The molecule has 4 amide bonds. The van der Waals surface area contributed by atoms with E-state index in [1.54, 1.807) is 42.5 Å². The van der Waals surface area contributed by atoms with Crippen molar-refractivity contribution in [3.63, 3.8) is 0 Å². The predicted octanol–water partition coefficient (Wildman–Crippen LogP) is 3.55. The summed E-state index contributed by atoms with van der Waals surface area (Å²) in [7, 11) is 0. The van der Waals surface area contributed by atoms with Crippen molar-refractivity contribution in [2.75, 3.05) is 9.80 Å². The molecule has 6 atom stereocenters. The SMILES string of the molecule is O=C1[C@@H]2[C@@H](C(=O)N1c1ccccc1[N+](=O)[O-])C1C=CC2(c2ccccc2)[C@H]2C(=O)N(c3ccccc3[N+](=O)[O-])C(=O)[C@@H]12. The van der Waals surface area contributed by atoms with Gasteiger partial charge in [0.2, 0.25) is 23.6 Å². The van der Waals surface area contributed by atoms with Gasteiger partial charge in [0, 0.05) is 23.5 Å². The number of carbonyl (C=O) groups is 4. The third-order valence-corrected chi connectivity index (χ3v) is 9.07. The zero-order valence-corrected chi connectivity index (χ0v) is 21.6. The normalized spacial score (nSPS) is 29.2. The summed E-state index contributed by atoms with van der Waals surface area (Å²) in [4.78, 5) is 80.8. The van der Waals surface area contributed by atoms with E-state index in [1.807, 2.05) is 0 Å². The number of allylic oxidation sites excluding steroid dienone is 2. The van der Waals surface area contributed by atoms with Gasteiger partial charge in [-0.2, -0.15) is 0 Å². The molecule has 1 saturated carbocycles. The number of anilines is 2. The summed E-state index contributed by atoms with van der Waals surface area (Å²) >= 11 is 0. The molecule has 2 saturated heterocycles. The Bertz CT molecular complexity index is 1680. The number of rotatable bonds is 5. The number of nitro groups is 2. The summed E-state index contributed by atoms with van der Waals surface area (Å²) < 4.78 is 0. The van der Waals surface area contributed by atoms with Crippen LogP contribution in [0, 0.1) is 49.8 Å². The Balaban J connectivity index is 1.44. The van der Waals surface area contributed by atoms with Crippen molar-refractivity contribution in [2.24, 2.45) is 29.6 Å². The van der Waals surface area contributed by atoms with Crippen molar-refractivity contribution in [1.29, 1.82) is 0 Å². The molecule has 42 heavy (non-hydrogen) atoms. The van der Waals surface area contributed by atoms with E-state index in [9.17, 15) is 39.4 Å². The molecule has 3 aliphatic carbocycles. The first kappa shape index (κ1) is 25.4. The van der Waals surface area contributed by atoms with Crippen LogP contribution in [0.3, 0.4) is 0 Å². The molecule has 2 aliphatic heterocycles. The van der Waals surface area contributed by atoms with E-state index in [0.29, 0.717) is 5.56 Å². The van der Waals surface area contributed by atoms with Crippen LogP contribution in [0.4, 0.5) is 22.7 Å². The highest BCUT2D eigenvalue weighted by atomic mass is 16.6. The summed E-state index contributed by atoms with van der Waals surface area (Å²) in [5.41, 5.74) is -2.18. The van der Waals surface area contributed by atoms with Gasteiger partial charge in [0.05, 0.1) is 33.5 Å². The molecule has 3 aromatic carbocycles. The fourth-order valence-electron chi connectivity index (χ4n) is 7.57. The molecule has 2 heterocycles. The molecule has 12 nitrogen and oxygen atoms in total. The van der Waals surface area contributed by atoms with Crippen molar-refractivity contribution in [1.82, 2.24) is 0 Å². The molecule has 0 aromatic heterocycles. The second kappa shape index (κ2) is 8.74. The molecule has 0 spiro atoms. The number of hydrogen-bond acceptors (Lipinski definition) is 8. The summed E-state index contributed by atoms with van der Waals surface area (Å²) in [5, 5.41) is 23.6. The molecule has 2 unspecified atom stereocenters. The average Bonchev–Trinajstić information content (AvgIpc) is 3.44. The van der Waals surface area contributed by atoms with Crippen molar-refractivity contribution in [3.05, 3.63) is 117 Å². The van der Waals surface area contributed by atoms with Crippen LogP contribution < -0.4 is 9.80 Å². The molecule has 208 valence electrons. The predicted molar refractivity (Wildman–Crippen MR) is 146 cm³/mol. The molecule has 3 aromatic rings. The van der Waals surface area contributed by atoms with Crippen LogP contribution in [0.5, 0.6) is 0 Å². The lowest BCUT2D eigenvalue weighted by molar-refractivity contribution is -0.384. The number of benzene rings is 3. The van der Waals surface area contributed by atoms with Crippen molar-refractivity contribution in [3.8, 4) is 0 Å². The van der Waals surface area contributed by atoms with Crippen LogP contribution in [0.2, 0.25) is 0 Å². The summed E-state index contributed by atoms with van der Waals surface area (Å²) in [6.45, 7) is 0. The number of hydrogen-bond donors (Lipinski definition) is 0. The fourth-order valence-corrected chi connectivity index (χ4v) is 7.57. The van der Waals surface area contributed by atoms with Gasteiger partial charge in [-0.25, -0.2) is 9.80 Å². The lowest BCUT2D eigenvalue weighted by Gasteiger charge is -2.53. The highest BCUT2D eigenvalue weighted by Gasteiger charge is 2.75. The minimum Gasteiger partial charge on any atom is -0.274 e. The Morgan fingerprint density at radius 3 is 1.48 bits per heavy atom. The van der Waals surface area contributed by atoms with E-state index in [2.05, 4.69) is 0 Å². The Morgan fingerprint density at radius 2 is 1.02 bits per heavy atom. The van der Waals surface area contributed by atoms with E-state index >= 15 is 0 Å². The van der Waals surface area contributed by atoms with Crippen LogP contribution in [0.1, 0.15) is 5.56 Å². The maximum absolute atomic E-state index is 14.3. The van der Waals surface area contributed by atoms with E-state index in [1.165, 1.54) is 48.5 Å². The molecule has 5 aliphatic rings. The first-order valence-corrected chi connectivity index (χ1v) is 13.2. The number of para-hydroxylation sites is 4. The Labute approximate surface area is 237 Å². The monoisotopic (exact) mass is 564 g/mol. The minimum absolute atomic E-state index is 0.182. The van der Waals surface area contributed by atoms with Crippen molar-refractivity contribution in [2.45, 2.75) is 5.41 Å². The first-order chi connectivity index (χ1) is 20.2. The molecular weight excluding hydrogens is 544 g/mol.